The summed E-state index contributed by atoms with van der Waals surface area (Å²) in [5.41, 5.74) is 0. The van der Waals surface area contributed by atoms with Crippen molar-refractivity contribution in [3.05, 3.63) is 0 Å². The van der Waals surface area contributed by atoms with E-state index in [4.69, 9.17) is 4.74 Å². The maximum absolute atomic E-state index is 4.92. The van der Waals surface area contributed by atoms with E-state index < -0.39 is 0 Å². The van der Waals surface area contributed by atoms with Crippen LogP contribution in [-0.2, 0) is 4.74 Å². The van der Waals surface area contributed by atoms with Crippen molar-refractivity contribution in [2.45, 2.75) is 26.8 Å². The summed E-state index contributed by atoms with van der Waals surface area (Å²) in [5.74, 6) is 0.707. The summed E-state index contributed by atoms with van der Waals surface area (Å²) in [6.07, 6.45) is 0. The lowest BCUT2D eigenvalue weighted by molar-refractivity contribution is 0.199. The highest BCUT2D eigenvalue weighted by molar-refractivity contribution is 4.64. The minimum Gasteiger partial charge on any atom is -0.383 e. The average Bonchev–Trinajstić information content (AvgIpc) is 2.10. The van der Waals surface area contributed by atoms with E-state index in [2.05, 4.69) is 31.4 Å². The van der Waals surface area contributed by atoms with Gasteiger partial charge in [-0.2, -0.15) is 0 Å². The third-order valence-corrected chi connectivity index (χ3v) is 2.25. The van der Waals surface area contributed by atoms with E-state index in [1.54, 1.807) is 7.11 Å². The topological polar surface area (TPSA) is 33.3 Å². The van der Waals surface area contributed by atoms with Crippen molar-refractivity contribution in [1.82, 2.24) is 10.6 Å². The summed E-state index contributed by atoms with van der Waals surface area (Å²) in [5, 5.41) is 6.75. The quantitative estimate of drug-likeness (QED) is 0.554. The molecule has 0 rings (SSSR count). The van der Waals surface area contributed by atoms with Gasteiger partial charge in [-0.3, -0.25) is 0 Å². The molecular weight excluding hydrogens is 164 g/mol. The molecule has 0 amide bonds. The zero-order valence-corrected chi connectivity index (χ0v) is 9.39. The van der Waals surface area contributed by atoms with Gasteiger partial charge >= 0.3 is 0 Å². The van der Waals surface area contributed by atoms with Crippen LogP contribution in [0.5, 0.6) is 0 Å². The number of hydrogen-bond acceptors (Lipinski definition) is 3. The second-order valence-electron chi connectivity index (χ2n) is 3.73. The van der Waals surface area contributed by atoms with Gasteiger partial charge in [-0.1, -0.05) is 13.8 Å². The van der Waals surface area contributed by atoms with Gasteiger partial charge in [-0.15, -0.1) is 0 Å². The van der Waals surface area contributed by atoms with Crippen molar-refractivity contribution in [3.8, 4) is 0 Å². The molecule has 0 aliphatic carbocycles. The molecule has 0 aromatic heterocycles. The van der Waals surface area contributed by atoms with Crippen molar-refractivity contribution in [3.63, 3.8) is 0 Å². The van der Waals surface area contributed by atoms with Gasteiger partial charge in [0.1, 0.15) is 0 Å². The highest BCUT2D eigenvalue weighted by atomic mass is 16.5. The smallest absolute Gasteiger partial charge is 0.0587 e. The summed E-state index contributed by atoms with van der Waals surface area (Å²) in [4.78, 5) is 0. The van der Waals surface area contributed by atoms with Crippen LogP contribution >= 0.6 is 0 Å². The molecule has 0 aromatic rings. The van der Waals surface area contributed by atoms with Crippen LogP contribution in [0.4, 0.5) is 0 Å². The highest BCUT2D eigenvalue weighted by Gasteiger charge is 2.03. The number of methoxy groups -OCH3 is 1. The summed E-state index contributed by atoms with van der Waals surface area (Å²) < 4.78 is 4.92. The molecule has 0 spiro atoms. The van der Waals surface area contributed by atoms with Crippen molar-refractivity contribution in [1.29, 1.82) is 0 Å². The molecule has 0 heterocycles. The van der Waals surface area contributed by atoms with E-state index in [1.165, 1.54) is 0 Å². The maximum atomic E-state index is 4.92. The van der Waals surface area contributed by atoms with Crippen molar-refractivity contribution < 1.29 is 4.74 Å². The molecule has 2 N–H and O–H groups in total. The predicted octanol–water partition coefficient (Wildman–Crippen LogP) is 0.856. The zero-order valence-electron chi connectivity index (χ0n) is 9.39. The summed E-state index contributed by atoms with van der Waals surface area (Å²) >= 11 is 0. The van der Waals surface area contributed by atoms with Gasteiger partial charge in [0.25, 0.3) is 0 Å². The maximum Gasteiger partial charge on any atom is 0.0587 e. The van der Waals surface area contributed by atoms with E-state index in [1.807, 2.05) is 0 Å². The standard InChI is InChI=1S/C10H24N2O/c1-9(2)10(3)12-6-5-11-7-8-13-4/h9-12H,5-8H2,1-4H3. The second kappa shape index (κ2) is 8.48. The first-order valence-corrected chi connectivity index (χ1v) is 5.11. The van der Waals surface area contributed by atoms with Crippen LogP contribution < -0.4 is 10.6 Å². The predicted molar refractivity (Wildman–Crippen MR) is 57.0 cm³/mol. The lowest BCUT2D eigenvalue weighted by Crippen LogP contribution is -2.36. The van der Waals surface area contributed by atoms with E-state index in [-0.39, 0.29) is 0 Å². The average molecular weight is 188 g/mol. The Labute approximate surface area is 82.2 Å². The zero-order chi connectivity index (χ0) is 10.1. The van der Waals surface area contributed by atoms with E-state index in [0.29, 0.717) is 12.0 Å². The molecule has 0 fully saturated rings. The molecule has 3 heteroatoms. The summed E-state index contributed by atoms with van der Waals surface area (Å²) in [6, 6.07) is 0.601. The lowest BCUT2D eigenvalue weighted by atomic mass is 10.1. The molecule has 0 aliphatic heterocycles. The molecule has 13 heavy (non-hydrogen) atoms. The number of ether oxygens (including phenoxy) is 1. The molecule has 0 saturated carbocycles. The molecule has 0 aliphatic rings. The molecular formula is C10H24N2O. The highest BCUT2D eigenvalue weighted by Crippen LogP contribution is 1.98. The Morgan fingerprint density at radius 2 is 1.77 bits per heavy atom. The normalized spacial score (nSPS) is 13.6. The van der Waals surface area contributed by atoms with Crippen LogP contribution in [0, 0.1) is 5.92 Å². The number of hydrogen-bond donors (Lipinski definition) is 2. The van der Waals surface area contributed by atoms with Crippen LogP contribution in [0.15, 0.2) is 0 Å². The molecule has 1 unspecified atom stereocenters. The Balaban J connectivity index is 3.07. The SMILES string of the molecule is COCCNCCNC(C)C(C)C. The minimum absolute atomic E-state index is 0.601. The van der Waals surface area contributed by atoms with Gasteiger partial charge in [-0.05, 0) is 12.8 Å². The van der Waals surface area contributed by atoms with Crippen LogP contribution in [0.1, 0.15) is 20.8 Å². The van der Waals surface area contributed by atoms with Crippen LogP contribution in [0.25, 0.3) is 0 Å². The minimum atomic E-state index is 0.601. The van der Waals surface area contributed by atoms with Crippen molar-refractivity contribution >= 4 is 0 Å². The molecule has 0 radical (unpaired) electrons. The molecule has 1 atom stereocenters. The van der Waals surface area contributed by atoms with Gasteiger partial charge in [0.2, 0.25) is 0 Å². The Bertz CT molecular complexity index is 107. The summed E-state index contributed by atoms with van der Waals surface area (Å²) in [7, 11) is 1.72. The molecule has 3 nitrogen and oxygen atoms in total. The van der Waals surface area contributed by atoms with E-state index in [0.717, 1.165) is 26.2 Å². The van der Waals surface area contributed by atoms with Crippen molar-refractivity contribution in [2.24, 2.45) is 5.92 Å². The molecule has 80 valence electrons. The third-order valence-electron chi connectivity index (χ3n) is 2.25. The Morgan fingerprint density at radius 3 is 2.31 bits per heavy atom. The molecule has 0 saturated heterocycles. The fourth-order valence-corrected chi connectivity index (χ4v) is 0.923. The molecule has 0 aromatic carbocycles. The van der Waals surface area contributed by atoms with Gasteiger partial charge in [0, 0.05) is 32.8 Å². The van der Waals surface area contributed by atoms with E-state index in [9.17, 15) is 0 Å². The van der Waals surface area contributed by atoms with Gasteiger partial charge < -0.3 is 15.4 Å². The monoisotopic (exact) mass is 188 g/mol. The lowest BCUT2D eigenvalue weighted by Gasteiger charge is -2.17. The first-order valence-electron chi connectivity index (χ1n) is 5.11. The first-order chi connectivity index (χ1) is 6.18. The second-order valence-corrected chi connectivity index (χ2v) is 3.73. The van der Waals surface area contributed by atoms with Gasteiger partial charge in [0.15, 0.2) is 0 Å². The Morgan fingerprint density at radius 1 is 1.08 bits per heavy atom. The number of nitrogens with one attached hydrogen (secondary N) is 2. The first kappa shape index (κ1) is 12.9. The van der Waals surface area contributed by atoms with E-state index >= 15 is 0 Å². The van der Waals surface area contributed by atoms with Gasteiger partial charge in [-0.25, -0.2) is 0 Å². The van der Waals surface area contributed by atoms with Crippen molar-refractivity contribution in [2.75, 3.05) is 33.4 Å². The van der Waals surface area contributed by atoms with Crippen LogP contribution in [0.2, 0.25) is 0 Å². The fourth-order valence-electron chi connectivity index (χ4n) is 0.923. The van der Waals surface area contributed by atoms with Gasteiger partial charge in [0.05, 0.1) is 6.61 Å². The third kappa shape index (κ3) is 8.22. The van der Waals surface area contributed by atoms with Crippen LogP contribution in [0.3, 0.4) is 0 Å². The Hall–Kier alpha value is -0.120. The number of rotatable bonds is 8. The summed E-state index contributed by atoms with van der Waals surface area (Å²) in [6.45, 7) is 10.5. The molecule has 0 bridgehead atoms. The Kier molecular flexibility index (Phi) is 8.40. The van der Waals surface area contributed by atoms with Crippen LogP contribution in [-0.4, -0.2) is 39.4 Å². The largest absolute Gasteiger partial charge is 0.383 e. The fraction of sp³-hybridized carbons (Fsp3) is 1.00.